The highest BCUT2D eigenvalue weighted by molar-refractivity contribution is 5.43. The summed E-state index contributed by atoms with van der Waals surface area (Å²) < 4.78 is 5.38. The number of unbranched alkanes of at least 4 members (excludes halogenated alkanes) is 1. The smallest absolute Gasteiger partial charge is 0.124 e. The maximum atomic E-state index is 8.52. The van der Waals surface area contributed by atoms with Crippen LogP contribution in [0.15, 0.2) is 12.1 Å². The van der Waals surface area contributed by atoms with E-state index in [1.807, 2.05) is 0 Å². The van der Waals surface area contributed by atoms with Gasteiger partial charge in [-0.25, -0.2) is 0 Å². The number of hydrogen-bond donors (Lipinski definition) is 0. The van der Waals surface area contributed by atoms with Crippen molar-refractivity contribution >= 4 is 0 Å². The van der Waals surface area contributed by atoms with Crippen LogP contribution in [0.3, 0.4) is 0 Å². The molecule has 1 aromatic carbocycles. The highest BCUT2D eigenvalue weighted by Gasteiger charge is 2.06. The Morgan fingerprint density at radius 2 is 1.84 bits per heavy atom. The molecule has 0 N–H and O–H groups in total. The number of nitriles is 1. The lowest BCUT2D eigenvalue weighted by Gasteiger charge is -2.17. The van der Waals surface area contributed by atoms with Gasteiger partial charge in [0.1, 0.15) is 5.75 Å². The van der Waals surface area contributed by atoms with Crippen LogP contribution in [0.1, 0.15) is 29.5 Å². The summed E-state index contributed by atoms with van der Waals surface area (Å²) in [7, 11) is 3.83. The van der Waals surface area contributed by atoms with Gasteiger partial charge in [0, 0.05) is 13.0 Å². The van der Waals surface area contributed by atoms with Crippen molar-refractivity contribution in [3.05, 3.63) is 28.8 Å². The fourth-order valence-corrected chi connectivity index (χ4v) is 2.37. The minimum atomic E-state index is 0.644. The van der Waals surface area contributed by atoms with E-state index in [-0.39, 0.29) is 0 Å². The van der Waals surface area contributed by atoms with Crippen LogP contribution in [0.5, 0.6) is 5.75 Å². The van der Waals surface area contributed by atoms with E-state index in [0.29, 0.717) is 6.42 Å². The van der Waals surface area contributed by atoms with Gasteiger partial charge >= 0.3 is 0 Å². The third-order valence-corrected chi connectivity index (χ3v) is 3.33. The summed E-state index contributed by atoms with van der Waals surface area (Å²) in [5, 5.41) is 8.52. The zero-order valence-electron chi connectivity index (χ0n) is 12.5. The topological polar surface area (TPSA) is 36.3 Å². The molecule has 19 heavy (non-hydrogen) atoms. The van der Waals surface area contributed by atoms with Gasteiger partial charge in [0.05, 0.1) is 13.2 Å². The first kappa shape index (κ1) is 15.5. The lowest BCUT2D eigenvalue weighted by atomic mass is 10.0. The van der Waals surface area contributed by atoms with Gasteiger partial charge in [0.2, 0.25) is 0 Å². The Morgan fingerprint density at radius 3 is 2.37 bits per heavy atom. The van der Waals surface area contributed by atoms with Gasteiger partial charge in [-0.05, 0) is 57.0 Å². The van der Waals surface area contributed by atoms with Crippen molar-refractivity contribution in [3.8, 4) is 11.8 Å². The normalized spacial score (nSPS) is 10.5. The molecule has 104 valence electrons. The minimum absolute atomic E-state index is 0.644. The summed E-state index contributed by atoms with van der Waals surface area (Å²) in [6, 6.07) is 6.59. The maximum absolute atomic E-state index is 8.52. The molecule has 3 heteroatoms. The van der Waals surface area contributed by atoms with Gasteiger partial charge in [-0.1, -0.05) is 12.1 Å². The molecule has 0 saturated carbocycles. The van der Waals surface area contributed by atoms with Gasteiger partial charge in [0.25, 0.3) is 0 Å². The second kappa shape index (κ2) is 7.81. The monoisotopic (exact) mass is 260 g/mol. The molecule has 1 rings (SSSR count). The fraction of sp³-hybridized carbons (Fsp3) is 0.562. The molecule has 0 amide bonds. The zero-order valence-corrected chi connectivity index (χ0v) is 12.5. The average Bonchev–Trinajstić information content (AvgIpc) is 2.36. The van der Waals surface area contributed by atoms with Gasteiger partial charge in [-0.3, -0.25) is 0 Å². The van der Waals surface area contributed by atoms with Crippen molar-refractivity contribution in [2.75, 3.05) is 27.2 Å². The largest absolute Gasteiger partial charge is 0.496 e. The summed E-state index contributed by atoms with van der Waals surface area (Å²) in [4.78, 5) is 2.28. The Balaban J connectivity index is 2.52. The van der Waals surface area contributed by atoms with Gasteiger partial charge in [-0.15, -0.1) is 0 Å². The third kappa shape index (κ3) is 4.92. The predicted octanol–water partition coefficient (Wildman–Crippen LogP) is 3.09. The lowest BCUT2D eigenvalue weighted by Crippen LogP contribution is -2.22. The van der Waals surface area contributed by atoms with E-state index in [2.05, 4.69) is 44.0 Å². The Hall–Kier alpha value is -1.53. The van der Waals surface area contributed by atoms with Crippen molar-refractivity contribution in [2.45, 2.75) is 33.1 Å². The molecular formula is C16H24N2O. The number of methoxy groups -OCH3 is 1. The number of likely N-dealkylation sites (N-methyl/N-ethyl adjacent to an activating group) is 1. The molecule has 0 saturated heterocycles. The summed E-state index contributed by atoms with van der Waals surface area (Å²) >= 11 is 0. The maximum Gasteiger partial charge on any atom is 0.124 e. The fourth-order valence-electron chi connectivity index (χ4n) is 2.37. The number of benzene rings is 1. The average molecular weight is 260 g/mol. The number of hydrogen-bond acceptors (Lipinski definition) is 3. The Morgan fingerprint density at radius 1 is 1.21 bits per heavy atom. The summed E-state index contributed by atoms with van der Waals surface area (Å²) in [6.45, 7) is 6.19. The first-order chi connectivity index (χ1) is 9.08. The molecule has 0 aliphatic rings. The van der Waals surface area contributed by atoms with Gasteiger partial charge < -0.3 is 9.64 Å². The Labute approximate surface area is 116 Å². The van der Waals surface area contributed by atoms with E-state index in [0.717, 1.165) is 31.7 Å². The Bertz CT molecular complexity index is 426. The first-order valence-electron chi connectivity index (χ1n) is 6.78. The highest BCUT2D eigenvalue weighted by Crippen LogP contribution is 2.24. The molecule has 0 atom stereocenters. The van der Waals surface area contributed by atoms with E-state index in [9.17, 15) is 0 Å². The third-order valence-electron chi connectivity index (χ3n) is 3.33. The molecule has 0 radical (unpaired) electrons. The number of ether oxygens (including phenoxy) is 1. The summed E-state index contributed by atoms with van der Waals surface area (Å²) in [5.74, 6) is 0.992. The molecule has 1 aromatic rings. The van der Waals surface area contributed by atoms with Crippen LogP contribution in [-0.4, -0.2) is 32.1 Å². The molecular weight excluding hydrogens is 236 g/mol. The van der Waals surface area contributed by atoms with E-state index in [4.69, 9.17) is 10.00 Å². The SMILES string of the molecule is COc1c(C)cc(CCN(C)CCCC#N)cc1C. The second-order valence-corrected chi connectivity index (χ2v) is 5.08. The van der Waals surface area contributed by atoms with Crippen LogP contribution in [0.2, 0.25) is 0 Å². The van der Waals surface area contributed by atoms with E-state index in [1.54, 1.807) is 7.11 Å². The zero-order chi connectivity index (χ0) is 14.3. The van der Waals surface area contributed by atoms with Crippen molar-refractivity contribution in [3.63, 3.8) is 0 Å². The molecule has 0 aliphatic heterocycles. The van der Waals surface area contributed by atoms with E-state index in [1.165, 1.54) is 16.7 Å². The Kier molecular flexibility index (Phi) is 6.38. The molecule has 0 unspecified atom stereocenters. The molecule has 3 nitrogen and oxygen atoms in total. The van der Waals surface area contributed by atoms with Gasteiger partial charge in [-0.2, -0.15) is 5.26 Å². The van der Waals surface area contributed by atoms with Crippen LogP contribution >= 0.6 is 0 Å². The van der Waals surface area contributed by atoms with Crippen LogP contribution in [0, 0.1) is 25.2 Å². The lowest BCUT2D eigenvalue weighted by molar-refractivity contribution is 0.335. The quantitative estimate of drug-likeness (QED) is 0.707. The molecule has 0 fully saturated rings. The number of rotatable bonds is 7. The van der Waals surface area contributed by atoms with Crippen molar-refractivity contribution < 1.29 is 4.74 Å². The van der Waals surface area contributed by atoms with E-state index >= 15 is 0 Å². The highest BCUT2D eigenvalue weighted by atomic mass is 16.5. The standard InChI is InChI=1S/C16H24N2O/c1-13-11-15(12-14(2)16(13)19-4)7-10-18(3)9-6-5-8-17/h11-12H,5-7,9-10H2,1-4H3. The molecule has 0 aromatic heterocycles. The van der Waals surface area contributed by atoms with Crippen LogP contribution in [0.4, 0.5) is 0 Å². The van der Waals surface area contributed by atoms with Gasteiger partial charge in [0.15, 0.2) is 0 Å². The van der Waals surface area contributed by atoms with Crippen molar-refractivity contribution in [1.29, 1.82) is 5.26 Å². The van der Waals surface area contributed by atoms with Crippen LogP contribution in [0.25, 0.3) is 0 Å². The molecule has 0 heterocycles. The van der Waals surface area contributed by atoms with E-state index < -0.39 is 0 Å². The molecule has 0 bridgehead atoms. The van der Waals surface area contributed by atoms with Crippen LogP contribution in [-0.2, 0) is 6.42 Å². The summed E-state index contributed by atoms with van der Waals surface area (Å²) in [6.07, 6.45) is 2.63. The van der Waals surface area contributed by atoms with Crippen molar-refractivity contribution in [2.24, 2.45) is 0 Å². The van der Waals surface area contributed by atoms with Crippen LogP contribution < -0.4 is 4.74 Å². The second-order valence-electron chi connectivity index (χ2n) is 5.08. The number of nitrogens with zero attached hydrogens (tertiary/aromatic N) is 2. The minimum Gasteiger partial charge on any atom is -0.496 e. The number of aryl methyl sites for hydroxylation is 2. The van der Waals surface area contributed by atoms with Crippen molar-refractivity contribution in [1.82, 2.24) is 4.90 Å². The molecule has 0 aliphatic carbocycles. The predicted molar refractivity (Wildman–Crippen MR) is 78.5 cm³/mol. The molecule has 0 spiro atoms. The first-order valence-corrected chi connectivity index (χ1v) is 6.78. The summed E-state index contributed by atoms with van der Waals surface area (Å²) in [5.41, 5.74) is 3.75.